The van der Waals surface area contributed by atoms with E-state index < -0.39 is 0 Å². The molecule has 1 aliphatic rings. The fourth-order valence-corrected chi connectivity index (χ4v) is 1.84. The minimum atomic E-state index is -0.309. The van der Waals surface area contributed by atoms with Crippen LogP contribution in [0.2, 0.25) is 0 Å². The van der Waals surface area contributed by atoms with Crippen LogP contribution < -0.4 is 16.6 Å². The molecule has 6 nitrogen and oxygen atoms in total. The average Bonchev–Trinajstić information content (AvgIpc) is 2.14. The Morgan fingerprint density at radius 1 is 1.44 bits per heavy atom. The molecule has 0 saturated heterocycles. The second kappa shape index (κ2) is 3.33. The van der Waals surface area contributed by atoms with Crippen LogP contribution in [0.3, 0.4) is 0 Å². The first-order valence-corrected chi connectivity index (χ1v) is 5.20. The standard InChI is InChI=1S/C10H15N5O/c1-4-5-10(2,3)15-7-6(12-5)8(16)14-9(11)13-7/h4H2,1-3H3,(H4,11,13,14,15,16). The minimum Gasteiger partial charge on any atom is -0.369 e. The van der Waals surface area contributed by atoms with Crippen LogP contribution in [-0.4, -0.2) is 21.2 Å². The van der Waals surface area contributed by atoms with Crippen molar-refractivity contribution < 1.29 is 0 Å². The Morgan fingerprint density at radius 3 is 2.75 bits per heavy atom. The van der Waals surface area contributed by atoms with E-state index in [1.165, 1.54) is 0 Å². The molecule has 6 heteroatoms. The van der Waals surface area contributed by atoms with Crippen LogP contribution in [0.5, 0.6) is 0 Å². The molecule has 16 heavy (non-hydrogen) atoms. The maximum atomic E-state index is 11.6. The number of hydrogen-bond acceptors (Lipinski definition) is 5. The van der Waals surface area contributed by atoms with Gasteiger partial charge in [-0.25, -0.2) is 4.99 Å². The molecule has 2 heterocycles. The predicted octanol–water partition coefficient (Wildman–Crippen LogP) is 1.04. The van der Waals surface area contributed by atoms with Crippen molar-refractivity contribution in [2.24, 2.45) is 4.99 Å². The number of anilines is 2. The van der Waals surface area contributed by atoms with Gasteiger partial charge in [0.2, 0.25) is 5.95 Å². The first-order chi connectivity index (χ1) is 7.44. The van der Waals surface area contributed by atoms with Gasteiger partial charge >= 0.3 is 0 Å². The number of H-pyrrole nitrogens is 1. The van der Waals surface area contributed by atoms with Crippen LogP contribution in [-0.2, 0) is 0 Å². The van der Waals surface area contributed by atoms with E-state index in [4.69, 9.17) is 5.73 Å². The van der Waals surface area contributed by atoms with E-state index in [1.807, 2.05) is 20.8 Å². The van der Waals surface area contributed by atoms with Crippen molar-refractivity contribution in [3.05, 3.63) is 10.4 Å². The number of aromatic amines is 1. The second-order valence-corrected chi connectivity index (χ2v) is 4.31. The third-order valence-corrected chi connectivity index (χ3v) is 2.65. The summed E-state index contributed by atoms with van der Waals surface area (Å²) in [5, 5.41) is 3.18. The number of nitrogens with two attached hydrogens (primary N) is 1. The van der Waals surface area contributed by atoms with Crippen LogP contribution in [0.4, 0.5) is 17.5 Å². The van der Waals surface area contributed by atoms with Gasteiger partial charge in [0, 0.05) is 5.71 Å². The fourth-order valence-electron chi connectivity index (χ4n) is 1.84. The van der Waals surface area contributed by atoms with E-state index in [0.717, 1.165) is 12.1 Å². The second-order valence-electron chi connectivity index (χ2n) is 4.31. The van der Waals surface area contributed by atoms with Gasteiger partial charge in [-0.1, -0.05) is 6.92 Å². The molecule has 0 unspecified atom stereocenters. The molecule has 0 atom stereocenters. The normalized spacial score (nSPS) is 17.3. The molecule has 4 N–H and O–H groups in total. The van der Waals surface area contributed by atoms with E-state index in [1.54, 1.807) is 0 Å². The lowest BCUT2D eigenvalue weighted by atomic mass is 9.94. The van der Waals surface area contributed by atoms with Gasteiger partial charge in [-0.15, -0.1) is 0 Å². The number of nitrogens with zero attached hydrogens (tertiary/aromatic N) is 2. The summed E-state index contributed by atoms with van der Waals surface area (Å²) in [5.74, 6) is 0.547. The van der Waals surface area contributed by atoms with Crippen LogP contribution >= 0.6 is 0 Å². The Hall–Kier alpha value is -1.85. The Bertz CT molecular complexity index is 514. The molecule has 0 fully saturated rings. The maximum absolute atomic E-state index is 11.6. The van der Waals surface area contributed by atoms with Gasteiger partial charge < -0.3 is 11.1 Å². The molecule has 0 bridgehead atoms. The van der Waals surface area contributed by atoms with Crippen LogP contribution in [0.1, 0.15) is 27.2 Å². The molecular weight excluding hydrogens is 206 g/mol. The number of nitrogens with one attached hydrogen (secondary N) is 2. The monoisotopic (exact) mass is 221 g/mol. The van der Waals surface area contributed by atoms with Crippen LogP contribution in [0.15, 0.2) is 9.79 Å². The molecule has 0 aliphatic carbocycles. The number of rotatable bonds is 1. The number of hydrogen-bond donors (Lipinski definition) is 3. The van der Waals surface area contributed by atoms with E-state index in [0.29, 0.717) is 11.5 Å². The number of aliphatic imine (C=N–C) groups is 1. The van der Waals surface area contributed by atoms with Gasteiger partial charge in [0.15, 0.2) is 11.5 Å². The quantitative estimate of drug-likeness (QED) is 0.660. The summed E-state index contributed by atoms with van der Waals surface area (Å²) in [5.41, 5.74) is 6.12. The van der Waals surface area contributed by atoms with Gasteiger partial charge in [0.25, 0.3) is 5.56 Å². The summed E-state index contributed by atoms with van der Waals surface area (Å²) < 4.78 is 0. The van der Waals surface area contributed by atoms with Crippen LogP contribution in [0, 0.1) is 0 Å². The molecule has 0 aromatic carbocycles. The van der Waals surface area contributed by atoms with Crippen molar-refractivity contribution in [3.63, 3.8) is 0 Å². The molecule has 0 saturated carbocycles. The first-order valence-electron chi connectivity index (χ1n) is 5.20. The topological polar surface area (TPSA) is 96.2 Å². The molecule has 0 amide bonds. The van der Waals surface area contributed by atoms with E-state index in [9.17, 15) is 4.79 Å². The zero-order chi connectivity index (χ0) is 11.9. The molecule has 2 rings (SSSR count). The highest BCUT2D eigenvalue weighted by molar-refractivity contribution is 6.00. The van der Waals surface area contributed by atoms with Crippen LogP contribution in [0.25, 0.3) is 0 Å². The largest absolute Gasteiger partial charge is 0.369 e. The van der Waals surface area contributed by atoms with E-state index in [2.05, 4.69) is 20.3 Å². The van der Waals surface area contributed by atoms with Gasteiger partial charge in [0.1, 0.15) is 0 Å². The Morgan fingerprint density at radius 2 is 2.12 bits per heavy atom. The lowest BCUT2D eigenvalue weighted by Crippen LogP contribution is -2.43. The van der Waals surface area contributed by atoms with Crippen molar-refractivity contribution in [3.8, 4) is 0 Å². The number of aromatic nitrogens is 2. The minimum absolute atomic E-state index is 0.0993. The average molecular weight is 221 g/mol. The van der Waals surface area contributed by atoms with Gasteiger partial charge in [0.05, 0.1) is 5.54 Å². The Labute approximate surface area is 93.0 Å². The predicted molar refractivity (Wildman–Crippen MR) is 64.4 cm³/mol. The maximum Gasteiger partial charge on any atom is 0.280 e. The lowest BCUT2D eigenvalue weighted by Gasteiger charge is -2.32. The van der Waals surface area contributed by atoms with Gasteiger partial charge in [-0.2, -0.15) is 4.98 Å². The highest BCUT2D eigenvalue weighted by Crippen LogP contribution is 2.29. The molecule has 86 valence electrons. The summed E-state index contributed by atoms with van der Waals surface area (Å²) in [4.78, 5) is 22.5. The van der Waals surface area contributed by atoms with E-state index >= 15 is 0 Å². The number of nitrogen functional groups attached to an aromatic ring is 1. The summed E-state index contributed by atoms with van der Waals surface area (Å²) in [6.07, 6.45) is 0.781. The summed E-state index contributed by atoms with van der Waals surface area (Å²) in [7, 11) is 0. The first kappa shape index (κ1) is 10.7. The molecule has 0 radical (unpaired) electrons. The summed E-state index contributed by atoms with van der Waals surface area (Å²) in [6.45, 7) is 6.00. The highest BCUT2D eigenvalue weighted by Gasteiger charge is 2.30. The SMILES string of the molecule is CCC1=Nc2c(nc(N)[nH]c2=O)NC1(C)C. The third-order valence-electron chi connectivity index (χ3n) is 2.65. The fraction of sp³-hybridized carbons (Fsp3) is 0.500. The molecule has 0 spiro atoms. The molecular formula is C10H15N5O. The molecule has 1 aromatic rings. The Balaban J connectivity index is 2.65. The number of fused-ring (bicyclic) bond motifs is 1. The van der Waals surface area contributed by atoms with Crippen molar-refractivity contribution >= 4 is 23.2 Å². The highest BCUT2D eigenvalue weighted by atomic mass is 16.1. The van der Waals surface area contributed by atoms with Crippen molar-refractivity contribution in [1.82, 2.24) is 9.97 Å². The van der Waals surface area contributed by atoms with E-state index in [-0.39, 0.29) is 17.0 Å². The van der Waals surface area contributed by atoms with Gasteiger partial charge in [-0.3, -0.25) is 9.78 Å². The van der Waals surface area contributed by atoms with Crippen molar-refractivity contribution in [2.75, 3.05) is 11.1 Å². The third kappa shape index (κ3) is 1.56. The summed E-state index contributed by atoms with van der Waals surface area (Å²) >= 11 is 0. The molecule has 1 aliphatic heterocycles. The zero-order valence-electron chi connectivity index (χ0n) is 9.59. The molecule has 1 aromatic heterocycles. The summed E-state index contributed by atoms with van der Waals surface area (Å²) in [6, 6.07) is 0. The Kier molecular flexibility index (Phi) is 2.22. The zero-order valence-corrected chi connectivity index (χ0v) is 9.59. The lowest BCUT2D eigenvalue weighted by molar-refractivity contribution is 0.726. The van der Waals surface area contributed by atoms with Gasteiger partial charge in [-0.05, 0) is 20.3 Å². The van der Waals surface area contributed by atoms with Crippen molar-refractivity contribution in [1.29, 1.82) is 0 Å². The van der Waals surface area contributed by atoms with Crippen molar-refractivity contribution in [2.45, 2.75) is 32.7 Å². The smallest absolute Gasteiger partial charge is 0.280 e.